The molecule has 96 valence electrons. The van der Waals surface area contributed by atoms with Gasteiger partial charge in [0.05, 0.1) is 0 Å². The second-order valence-corrected chi connectivity index (χ2v) is 5.20. The van der Waals surface area contributed by atoms with E-state index in [-0.39, 0.29) is 17.6 Å². The van der Waals surface area contributed by atoms with Crippen molar-refractivity contribution in [3.05, 3.63) is 0 Å². The summed E-state index contributed by atoms with van der Waals surface area (Å²) in [6.07, 6.45) is -1.02. The standard InChI is InChI=1S/C9H20N2O2.CH2O2/c1-8(2,3)11(9(4,5)6)10-7(12)13;2-1-3/h10H,1-6H3,(H,12,13);1H,(H,2,3). The fourth-order valence-electron chi connectivity index (χ4n) is 1.44. The molecule has 3 N–H and O–H groups in total. The maximum absolute atomic E-state index is 10.6. The first-order valence-corrected chi connectivity index (χ1v) is 4.84. The van der Waals surface area contributed by atoms with Crippen LogP contribution in [0.15, 0.2) is 0 Å². The van der Waals surface area contributed by atoms with E-state index in [1.165, 1.54) is 0 Å². The average molecular weight is 234 g/mol. The number of hydrogen-bond donors (Lipinski definition) is 3. The molecule has 0 aliphatic carbocycles. The first kappa shape index (κ1) is 17.1. The Kier molecular flexibility index (Phi) is 6.76. The SMILES string of the molecule is CC(C)(C)N(NC(=O)O)C(C)(C)C.O=CO. The Morgan fingerprint density at radius 2 is 1.38 bits per heavy atom. The van der Waals surface area contributed by atoms with Gasteiger partial charge in [0.25, 0.3) is 6.47 Å². The summed E-state index contributed by atoms with van der Waals surface area (Å²) in [4.78, 5) is 18.9. The molecule has 1 amide bonds. The van der Waals surface area contributed by atoms with E-state index in [0.717, 1.165) is 0 Å². The molecule has 16 heavy (non-hydrogen) atoms. The van der Waals surface area contributed by atoms with E-state index in [4.69, 9.17) is 15.0 Å². The number of nitrogens with zero attached hydrogens (tertiary/aromatic N) is 1. The molecule has 0 aliphatic rings. The molecular formula is C10H22N2O4. The third kappa shape index (κ3) is 8.05. The van der Waals surface area contributed by atoms with Crippen LogP contribution < -0.4 is 5.43 Å². The second-order valence-electron chi connectivity index (χ2n) is 5.20. The van der Waals surface area contributed by atoms with Gasteiger partial charge in [0.1, 0.15) is 0 Å². The first-order chi connectivity index (χ1) is 6.96. The molecule has 0 rings (SSSR count). The minimum absolute atomic E-state index is 0.226. The molecule has 0 heterocycles. The van der Waals surface area contributed by atoms with Crippen LogP contribution in [0.1, 0.15) is 41.5 Å². The highest BCUT2D eigenvalue weighted by Gasteiger charge is 2.32. The summed E-state index contributed by atoms with van der Waals surface area (Å²) in [6.45, 7) is 11.5. The highest BCUT2D eigenvalue weighted by atomic mass is 16.4. The monoisotopic (exact) mass is 234 g/mol. The quantitative estimate of drug-likeness (QED) is 0.475. The molecule has 0 bridgehead atoms. The zero-order valence-corrected chi connectivity index (χ0v) is 10.7. The molecule has 0 radical (unpaired) electrons. The van der Waals surface area contributed by atoms with Gasteiger partial charge >= 0.3 is 6.09 Å². The van der Waals surface area contributed by atoms with Crippen LogP contribution in [0.2, 0.25) is 0 Å². The minimum atomic E-state index is -1.02. The van der Waals surface area contributed by atoms with Gasteiger partial charge in [-0.25, -0.2) is 9.80 Å². The van der Waals surface area contributed by atoms with Gasteiger partial charge in [-0.05, 0) is 41.5 Å². The molecule has 0 aromatic carbocycles. The van der Waals surface area contributed by atoms with Crippen LogP contribution in [0.3, 0.4) is 0 Å². The van der Waals surface area contributed by atoms with E-state index < -0.39 is 6.09 Å². The molecule has 0 saturated heterocycles. The second kappa shape index (κ2) is 6.32. The van der Waals surface area contributed by atoms with Crippen molar-refractivity contribution in [1.29, 1.82) is 0 Å². The molecule has 0 aromatic rings. The largest absolute Gasteiger partial charge is 0.483 e. The molecule has 0 saturated carbocycles. The van der Waals surface area contributed by atoms with Gasteiger partial charge in [0.15, 0.2) is 0 Å². The summed E-state index contributed by atoms with van der Waals surface area (Å²) in [6, 6.07) is 0. The molecule has 0 aliphatic heterocycles. The zero-order chi connectivity index (χ0) is 13.6. The van der Waals surface area contributed by atoms with E-state index >= 15 is 0 Å². The Bertz CT molecular complexity index is 214. The maximum atomic E-state index is 10.6. The van der Waals surface area contributed by atoms with Crippen LogP contribution in [0, 0.1) is 0 Å². The van der Waals surface area contributed by atoms with Crippen LogP contribution in [-0.4, -0.2) is 38.9 Å². The Morgan fingerprint density at radius 3 is 1.44 bits per heavy atom. The number of amides is 1. The zero-order valence-electron chi connectivity index (χ0n) is 10.7. The fraction of sp³-hybridized carbons (Fsp3) is 0.800. The van der Waals surface area contributed by atoms with Crippen molar-refractivity contribution in [2.75, 3.05) is 0 Å². The molecule has 0 aromatic heterocycles. The van der Waals surface area contributed by atoms with Crippen molar-refractivity contribution < 1.29 is 19.8 Å². The molecular weight excluding hydrogens is 212 g/mol. The fourth-order valence-corrected chi connectivity index (χ4v) is 1.44. The van der Waals surface area contributed by atoms with Gasteiger partial charge in [-0.1, -0.05) is 0 Å². The predicted molar refractivity (Wildman–Crippen MR) is 61.2 cm³/mol. The normalized spacial score (nSPS) is 11.4. The van der Waals surface area contributed by atoms with Crippen LogP contribution in [0.5, 0.6) is 0 Å². The van der Waals surface area contributed by atoms with Crippen molar-refractivity contribution in [2.45, 2.75) is 52.6 Å². The van der Waals surface area contributed by atoms with Crippen LogP contribution in [0.4, 0.5) is 4.79 Å². The number of rotatable bonds is 1. The topological polar surface area (TPSA) is 89.9 Å². The lowest BCUT2D eigenvalue weighted by molar-refractivity contribution is -0.122. The van der Waals surface area contributed by atoms with Crippen molar-refractivity contribution in [2.24, 2.45) is 0 Å². The predicted octanol–water partition coefficient (Wildman–Crippen LogP) is 1.77. The lowest BCUT2D eigenvalue weighted by Crippen LogP contribution is -2.60. The third-order valence-electron chi connectivity index (χ3n) is 1.55. The van der Waals surface area contributed by atoms with Gasteiger partial charge in [-0.2, -0.15) is 0 Å². The molecule has 0 unspecified atom stereocenters. The summed E-state index contributed by atoms with van der Waals surface area (Å²) >= 11 is 0. The van der Waals surface area contributed by atoms with E-state index in [2.05, 4.69) is 5.43 Å². The molecule has 0 spiro atoms. The number of hydrogen-bond acceptors (Lipinski definition) is 3. The number of carbonyl (C=O) groups is 2. The van der Waals surface area contributed by atoms with Crippen molar-refractivity contribution in [1.82, 2.24) is 10.4 Å². The molecule has 6 nitrogen and oxygen atoms in total. The Morgan fingerprint density at radius 1 is 1.12 bits per heavy atom. The van der Waals surface area contributed by atoms with Gasteiger partial charge in [-0.3, -0.25) is 10.2 Å². The van der Waals surface area contributed by atoms with Crippen LogP contribution >= 0.6 is 0 Å². The van der Waals surface area contributed by atoms with Gasteiger partial charge in [0.2, 0.25) is 0 Å². The van der Waals surface area contributed by atoms with E-state index in [1.54, 1.807) is 5.01 Å². The maximum Gasteiger partial charge on any atom is 0.419 e. The number of carboxylic acid groups (broad SMARTS) is 2. The highest BCUT2D eigenvalue weighted by molar-refractivity contribution is 5.63. The Labute approximate surface area is 96.2 Å². The summed E-state index contributed by atoms with van der Waals surface area (Å²) in [7, 11) is 0. The van der Waals surface area contributed by atoms with E-state index in [0.29, 0.717) is 0 Å². The van der Waals surface area contributed by atoms with Crippen LogP contribution in [0.25, 0.3) is 0 Å². The summed E-state index contributed by atoms with van der Waals surface area (Å²) in [5.41, 5.74) is 1.96. The summed E-state index contributed by atoms with van der Waals surface area (Å²) < 4.78 is 0. The average Bonchev–Trinajstić information content (AvgIpc) is 1.97. The lowest BCUT2D eigenvalue weighted by atomic mass is 9.99. The molecule has 6 heteroatoms. The van der Waals surface area contributed by atoms with Gasteiger partial charge in [-0.15, -0.1) is 0 Å². The smallest absolute Gasteiger partial charge is 0.419 e. The minimum Gasteiger partial charge on any atom is -0.483 e. The molecule has 0 fully saturated rings. The van der Waals surface area contributed by atoms with Gasteiger partial charge < -0.3 is 10.2 Å². The Balaban J connectivity index is 0. The van der Waals surface area contributed by atoms with Gasteiger partial charge in [0, 0.05) is 11.1 Å². The van der Waals surface area contributed by atoms with E-state index in [1.807, 2.05) is 41.5 Å². The number of hydrazine groups is 1. The molecule has 0 atom stereocenters. The van der Waals surface area contributed by atoms with Crippen molar-refractivity contribution >= 4 is 12.6 Å². The summed E-state index contributed by atoms with van der Waals surface area (Å²) in [5, 5.41) is 17.3. The van der Waals surface area contributed by atoms with Crippen LogP contribution in [-0.2, 0) is 4.79 Å². The third-order valence-corrected chi connectivity index (χ3v) is 1.55. The van der Waals surface area contributed by atoms with E-state index in [9.17, 15) is 4.79 Å². The highest BCUT2D eigenvalue weighted by Crippen LogP contribution is 2.21. The number of nitrogens with one attached hydrogen (secondary N) is 1. The summed E-state index contributed by atoms with van der Waals surface area (Å²) in [5.74, 6) is 0. The van der Waals surface area contributed by atoms with Crippen molar-refractivity contribution in [3.8, 4) is 0 Å². The first-order valence-electron chi connectivity index (χ1n) is 4.84. The lowest BCUT2D eigenvalue weighted by Gasteiger charge is -2.44. The van der Waals surface area contributed by atoms with Crippen molar-refractivity contribution in [3.63, 3.8) is 0 Å². The Hall–Kier alpha value is -1.30.